The van der Waals surface area contributed by atoms with Crippen molar-refractivity contribution >= 4 is 121 Å². The lowest BCUT2D eigenvalue weighted by molar-refractivity contribution is 0.660. The van der Waals surface area contributed by atoms with E-state index in [1.54, 1.807) is 0 Å². The Bertz CT molecular complexity index is 6650. The van der Waals surface area contributed by atoms with Gasteiger partial charge in [0.05, 0.1) is 0 Å². The molecule has 7 heteroatoms. The fraction of sp³-hybridized carbons (Fsp3) is 0.0270. The molecule has 0 radical (unpaired) electrons. The molecule has 18 aromatic carbocycles. The second-order valence-corrected chi connectivity index (χ2v) is 32.8. The predicted molar refractivity (Wildman–Crippen MR) is 509 cm³/mol. The number of benzene rings is 18. The number of fused-ring (bicyclic) bond motifs is 6. The van der Waals surface area contributed by atoms with Gasteiger partial charge in [-0.3, -0.25) is 0 Å². The van der Waals surface area contributed by atoms with E-state index in [9.17, 15) is 0 Å². The molecule has 0 bridgehead atoms. The first-order valence-corrected chi connectivity index (χ1v) is 42.1. The van der Waals surface area contributed by atoms with E-state index in [4.69, 9.17) is 4.42 Å². The third kappa shape index (κ3) is 16.3. The van der Waals surface area contributed by atoms with E-state index in [0.29, 0.717) is 0 Å². The van der Waals surface area contributed by atoms with E-state index in [2.05, 4.69) is 501 Å². The molecule has 0 aliphatic heterocycles. The van der Waals surface area contributed by atoms with Gasteiger partial charge < -0.3 is 19.1 Å². The van der Waals surface area contributed by atoms with Crippen molar-refractivity contribution in [2.24, 2.45) is 0 Å². The van der Waals surface area contributed by atoms with Crippen molar-refractivity contribution in [1.82, 2.24) is 0 Å². The van der Waals surface area contributed by atoms with Crippen LogP contribution < -0.4 is 14.7 Å². The molecule has 1 aliphatic carbocycles. The number of rotatable bonds is 16. The van der Waals surface area contributed by atoms with E-state index in [1.807, 2.05) is 24.3 Å². The maximum absolute atomic E-state index is 6.09. The van der Waals surface area contributed by atoms with Gasteiger partial charge in [0.2, 0.25) is 0 Å². The van der Waals surface area contributed by atoms with Crippen molar-refractivity contribution in [2.75, 3.05) is 14.7 Å². The van der Waals surface area contributed by atoms with Crippen molar-refractivity contribution in [2.45, 2.75) is 19.3 Å². The molecule has 0 fully saturated rings. The van der Waals surface area contributed by atoms with Gasteiger partial charge in [0.25, 0.3) is 0 Å². The molecule has 0 N–H and O–H groups in total. The maximum atomic E-state index is 6.09. The number of hydrogen-bond acceptors (Lipinski definition) is 4. The molecule has 0 unspecified atom stereocenters. The van der Waals surface area contributed by atoms with Crippen LogP contribution in [0.1, 0.15) is 25.0 Å². The molecule has 20 rings (SSSR count). The van der Waals surface area contributed by atoms with E-state index in [-0.39, 0.29) is 5.41 Å². The van der Waals surface area contributed by atoms with Crippen LogP contribution in [0.3, 0.4) is 0 Å². The summed E-state index contributed by atoms with van der Waals surface area (Å²) in [4.78, 5) is 6.93. The summed E-state index contributed by atoms with van der Waals surface area (Å²) in [5.41, 5.74) is 33.9. The minimum Gasteiger partial charge on any atom is -0.456 e. The van der Waals surface area contributed by atoms with Crippen molar-refractivity contribution in [1.29, 1.82) is 0 Å². The average molecular weight is 1710 g/mol. The Balaban J connectivity index is 0.000000123. The molecule has 0 amide bonds. The van der Waals surface area contributed by atoms with Gasteiger partial charge in [-0.05, 0) is 276 Å². The normalized spacial score (nSPS) is 11.7. The number of furan rings is 1. The fourth-order valence-corrected chi connectivity index (χ4v) is 17.5. The highest BCUT2D eigenvalue weighted by Gasteiger charge is 2.35. The zero-order chi connectivity index (χ0) is 79.9. The lowest BCUT2D eigenvalue weighted by atomic mass is 9.81. The molecule has 0 saturated heterocycles. The lowest BCUT2D eigenvalue weighted by Crippen LogP contribution is -2.14. The van der Waals surface area contributed by atoms with Gasteiger partial charge in [0.1, 0.15) is 11.2 Å². The van der Waals surface area contributed by atoms with Crippen LogP contribution in [-0.4, -0.2) is 0 Å². The van der Waals surface area contributed by atoms with Gasteiger partial charge in [-0.15, -0.1) is 0 Å². The van der Waals surface area contributed by atoms with E-state index < -0.39 is 0 Å². The number of hydrogen-bond donors (Lipinski definition) is 0. The van der Waals surface area contributed by atoms with Gasteiger partial charge in [-0.1, -0.05) is 335 Å². The molecule has 0 atom stereocenters. The van der Waals surface area contributed by atoms with E-state index >= 15 is 0 Å². The van der Waals surface area contributed by atoms with E-state index in [1.165, 1.54) is 83.5 Å². The van der Waals surface area contributed by atoms with Crippen LogP contribution in [-0.2, 0) is 5.41 Å². The van der Waals surface area contributed by atoms with Crippen molar-refractivity contribution in [3.63, 3.8) is 0 Å². The summed E-state index contributed by atoms with van der Waals surface area (Å²) in [7, 11) is 0. The molecule has 118 heavy (non-hydrogen) atoms. The predicted octanol–water partition coefficient (Wildman–Crippen LogP) is 33.6. The molecule has 1 aliphatic rings. The van der Waals surface area contributed by atoms with Crippen LogP contribution in [0.2, 0.25) is 0 Å². The first-order valence-electron chi connectivity index (χ1n) is 39.7. The molecule has 4 nitrogen and oxygen atoms in total. The van der Waals surface area contributed by atoms with Gasteiger partial charge in [-0.2, -0.15) is 0 Å². The first-order chi connectivity index (χ1) is 58.0. The highest BCUT2D eigenvalue weighted by Crippen LogP contribution is 2.51. The van der Waals surface area contributed by atoms with Crippen LogP contribution in [0.25, 0.3) is 111 Å². The van der Waals surface area contributed by atoms with Gasteiger partial charge in [-0.25, -0.2) is 0 Å². The molecule has 1 aromatic heterocycles. The Hall–Kier alpha value is -13.4. The minimum atomic E-state index is -0.0344. The average Bonchev–Trinajstić information content (AvgIpc) is 1.57. The Morgan fingerprint density at radius 3 is 1.03 bits per heavy atom. The molecule has 566 valence electrons. The van der Waals surface area contributed by atoms with Gasteiger partial charge in [0, 0.05) is 80.8 Å². The van der Waals surface area contributed by atoms with Crippen LogP contribution in [0.5, 0.6) is 0 Å². The third-order valence-corrected chi connectivity index (χ3v) is 23.5. The summed E-state index contributed by atoms with van der Waals surface area (Å²) >= 11 is 11.3. The van der Waals surface area contributed by atoms with Crippen LogP contribution in [0, 0.1) is 0 Å². The number of para-hydroxylation sites is 4. The minimum absolute atomic E-state index is 0.0344. The topological polar surface area (TPSA) is 22.9 Å². The largest absolute Gasteiger partial charge is 0.456 e. The summed E-state index contributed by atoms with van der Waals surface area (Å²) in [6, 6.07) is 159. The zero-order valence-corrected chi connectivity index (χ0v) is 69.9. The Morgan fingerprint density at radius 1 is 0.186 bits per heavy atom. The monoisotopic (exact) mass is 1710 g/mol. The van der Waals surface area contributed by atoms with Crippen molar-refractivity contribution in [3.8, 4) is 89.0 Å². The van der Waals surface area contributed by atoms with Crippen LogP contribution in [0.15, 0.2) is 467 Å². The smallest absolute Gasteiger partial charge is 0.136 e. The number of nitrogens with zero attached hydrogens (tertiary/aromatic N) is 3. The molecule has 19 aromatic rings. The lowest BCUT2D eigenvalue weighted by Gasteiger charge is -2.27. The number of anilines is 9. The van der Waals surface area contributed by atoms with Gasteiger partial charge in [0.15, 0.2) is 0 Å². The molecular weight excluding hydrogens is 1630 g/mol. The van der Waals surface area contributed by atoms with Crippen molar-refractivity contribution < 1.29 is 4.42 Å². The first kappa shape index (κ1) is 75.9. The highest BCUT2D eigenvalue weighted by molar-refractivity contribution is 9.11. The summed E-state index contributed by atoms with van der Waals surface area (Å²) in [6.07, 6.45) is 0. The fourth-order valence-electron chi connectivity index (χ4n) is 16.3. The van der Waals surface area contributed by atoms with E-state index in [0.717, 1.165) is 103 Å². The summed E-state index contributed by atoms with van der Waals surface area (Å²) in [6.45, 7) is 4.67. The highest BCUT2D eigenvalue weighted by atomic mass is 79.9. The Kier molecular flexibility index (Phi) is 22.0. The molecule has 0 saturated carbocycles. The van der Waals surface area contributed by atoms with Crippen LogP contribution in [0.4, 0.5) is 51.2 Å². The Morgan fingerprint density at radius 2 is 0.500 bits per heavy atom. The second kappa shape index (κ2) is 34.2. The molecule has 1 heterocycles. The summed E-state index contributed by atoms with van der Waals surface area (Å²) < 4.78 is 9.23. The third-order valence-electron chi connectivity index (χ3n) is 22.1. The van der Waals surface area contributed by atoms with Crippen molar-refractivity contribution in [3.05, 3.63) is 473 Å². The number of halogens is 3. The standard InChI is InChI=1S/C42H30BrN.C39H30BrN.C30H20BrNO/c43-39-27-38(37-25-35(32-16-7-2-8-17-32)24-36(26-37)33-18-9-3-10-19-33)29-42(30-39)44(40-21-11-4-12-22-40)41-23-13-20-34(28-41)31-14-5-1-6-15-31;1-39(2)37-16-10-9-15-35(37)36-22-19-29(25-38(36)39)30-23-31(40)26-34(24-30)41(32-13-7-4-8-14-32)33-20-17-28(18-21-33)27-11-5-3-6-12-27;31-23-13-17-26(18-14-23)32(24-6-2-1-3-7-24)25-15-10-21(11-16-25)22-12-19-28-27-8-4-5-9-29(27)33-30(28)20-22/h1-30H;3-26H,1-2H3;1-20H. The van der Waals surface area contributed by atoms with Crippen LogP contribution >= 0.6 is 47.8 Å². The second-order valence-electron chi connectivity index (χ2n) is 30.0. The maximum Gasteiger partial charge on any atom is 0.136 e. The summed E-state index contributed by atoms with van der Waals surface area (Å²) in [5, 5.41) is 2.30. The quantitative estimate of drug-likeness (QED) is 0.0962. The molecule has 0 spiro atoms. The Labute approximate surface area is 715 Å². The van der Waals surface area contributed by atoms with Gasteiger partial charge >= 0.3 is 0 Å². The SMILES string of the molecule is Brc1cc(-c2cc(-c3ccccc3)cc(-c3ccccc3)c2)cc(N(c2ccccc2)c2cccc(-c3ccccc3)c2)c1.Brc1ccc(N(c2ccccc2)c2ccc(-c3ccc4c(c3)oc3ccccc34)cc2)cc1.CC1(C)c2ccccc2-c2ccc(-c3cc(Br)cc(N(c4ccccc4)c4ccc(-c5ccccc5)cc4)c3)cc21. The summed E-state index contributed by atoms with van der Waals surface area (Å²) in [5.74, 6) is 0. The molecular formula is C111H80Br3N3O. The zero-order valence-electron chi connectivity index (χ0n) is 65.1.